The number of hydrogen-bond donors (Lipinski definition) is 4. The Hall–Kier alpha value is -7.24. The number of benzene rings is 4. The van der Waals surface area contributed by atoms with Crippen molar-refractivity contribution in [1.29, 1.82) is 0 Å². The fourth-order valence-electron chi connectivity index (χ4n) is 8.15. The summed E-state index contributed by atoms with van der Waals surface area (Å²) in [7, 11) is 0. The lowest BCUT2D eigenvalue weighted by Gasteiger charge is -2.29. The van der Waals surface area contributed by atoms with E-state index in [9.17, 15) is 55.9 Å². The molecule has 0 radical (unpaired) electrons. The molecule has 8 rings (SSSR count). The zero-order chi connectivity index (χ0) is 49.7. The largest absolute Gasteiger partial charge is 0.349 e. The highest BCUT2D eigenvalue weighted by Gasteiger charge is 2.43. The Bertz CT molecular complexity index is 2630. The number of carbonyl (C=O) groups excluding carboxylic acids is 8. The van der Waals surface area contributed by atoms with Gasteiger partial charge in [-0.05, 0) is 58.2 Å². The Balaban J connectivity index is 0.000000217. The number of carbonyl (C=O) groups is 8. The van der Waals surface area contributed by atoms with E-state index in [0.717, 1.165) is 5.56 Å². The summed E-state index contributed by atoms with van der Waals surface area (Å²) in [5.74, 6) is -12.6. The molecule has 4 aliphatic heterocycles. The smallest absolute Gasteiger partial charge is 0.346 e. The molecule has 8 amide bonds. The number of alkyl halides is 4. The second-order valence-electron chi connectivity index (χ2n) is 17.5. The molecule has 14 nitrogen and oxygen atoms in total. The summed E-state index contributed by atoms with van der Waals surface area (Å²) in [6.45, 7) is 9.97. The molecule has 2 fully saturated rings. The maximum Gasteiger partial charge on any atom is 0.349 e. The van der Waals surface area contributed by atoms with Gasteiger partial charge in [-0.15, -0.1) is 0 Å². The molecule has 4 aromatic rings. The van der Waals surface area contributed by atoms with Crippen molar-refractivity contribution in [1.82, 2.24) is 31.1 Å². The van der Waals surface area contributed by atoms with Gasteiger partial charge in [-0.3, -0.25) is 49.0 Å². The molecule has 2 unspecified atom stereocenters. The van der Waals surface area contributed by atoms with Gasteiger partial charge in [0, 0.05) is 61.3 Å². The van der Waals surface area contributed by atoms with E-state index < -0.39 is 53.1 Å². The number of nitrogens with zero attached hydrogens (tertiary/aromatic N) is 2. The molecule has 0 bridgehead atoms. The minimum atomic E-state index is -3.70. The van der Waals surface area contributed by atoms with Crippen LogP contribution in [0.1, 0.15) is 120 Å². The van der Waals surface area contributed by atoms with Crippen LogP contribution in [0.4, 0.5) is 17.6 Å². The molecule has 0 spiro atoms. The Labute approximate surface area is 390 Å². The van der Waals surface area contributed by atoms with Gasteiger partial charge in [-0.25, -0.2) is 0 Å². The third-order valence-electron chi connectivity index (χ3n) is 11.9. The van der Waals surface area contributed by atoms with Crippen molar-refractivity contribution in [2.24, 2.45) is 0 Å². The number of amides is 8. The van der Waals surface area contributed by atoms with Crippen LogP contribution in [0.25, 0.3) is 0 Å². The Morgan fingerprint density at radius 3 is 1.34 bits per heavy atom. The van der Waals surface area contributed by atoms with Gasteiger partial charge in [0.15, 0.2) is 0 Å². The minimum Gasteiger partial charge on any atom is -0.346 e. The lowest BCUT2D eigenvalue weighted by atomic mass is 9.86. The van der Waals surface area contributed by atoms with Gasteiger partial charge in [0.25, 0.3) is 23.6 Å². The van der Waals surface area contributed by atoms with Crippen molar-refractivity contribution in [2.45, 2.75) is 116 Å². The van der Waals surface area contributed by atoms with Gasteiger partial charge in [0.05, 0.1) is 0 Å². The van der Waals surface area contributed by atoms with E-state index >= 15 is 0 Å². The number of fused-ring (bicyclic) bond motifs is 2. The van der Waals surface area contributed by atoms with Crippen molar-refractivity contribution in [2.75, 3.05) is 0 Å². The van der Waals surface area contributed by atoms with Gasteiger partial charge >= 0.3 is 11.8 Å². The Kier molecular flexibility index (Phi) is 15.0. The van der Waals surface area contributed by atoms with Crippen molar-refractivity contribution in [3.63, 3.8) is 0 Å². The number of imide groups is 2. The lowest BCUT2D eigenvalue weighted by Crippen LogP contribution is -2.52. The first kappa shape index (κ1) is 50.2. The maximum absolute atomic E-state index is 14.7. The van der Waals surface area contributed by atoms with E-state index in [4.69, 9.17) is 0 Å². The number of hydrogen-bond acceptors (Lipinski definition) is 8. The van der Waals surface area contributed by atoms with Crippen LogP contribution in [0.3, 0.4) is 0 Å². The quantitative estimate of drug-likeness (QED) is 0.109. The molecule has 4 N–H and O–H groups in total. The molecule has 358 valence electrons. The number of nitrogens with one attached hydrogen (secondary N) is 4. The van der Waals surface area contributed by atoms with Crippen molar-refractivity contribution < 1.29 is 55.9 Å². The molecular formula is C50H52F4N6O8. The SMILES string of the molecule is CC.CC(C)(C)c1ccc(C(F)(F)C(=O)NCc2ccc3c(c2)CN(C2CCC(=O)NC2=O)C3=O)cc1.O=C1CCC(N2Cc3cc(CNC(=O)C(F)(F)c4ccccc4)ccc3C2=O)C(=O)N1. The summed E-state index contributed by atoms with van der Waals surface area (Å²) < 4.78 is 58.1. The Morgan fingerprint density at radius 2 is 0.956 bits per heavy atom. The fourth-order valence-corrected chi connectivity index (χ4v) is 8.15. The molecular weight excluding hydrogens is 889 g/mol. The molecule has 4 heterocycles. The highest BCUT2D eigenvalue weighted by Crippen LogP contribution is 2.33. The van der Waals surface area contributed by atoms with E-state index in [1.165, 1.54) is 46.2 Å². The molecule has 4 aromatic carbocycles. The standard InChI is InChI=1S/C26H27F2N3O4.C22H19F2N3O4.C2H6/c1-25(2,3)17-5-7-18(8-6-17)26(27,28)24(35)29-13-15-4-9-19-16(12-15)14-31(23(19)34)20-10-11-21(32)30-22(20)33;23-22(24,15-4-2-1-3-5-15)21(31)25-11-13-6-7-16-14(10-13)12-27(20(16)30)17-8-9-18(28)26-19(17)29;1-2/h4-9,12,20H,10-11,13-14H2,1-3H3,(H,29,35)(H,30,32,33);1-7,10,17H,8-9,11-12H2,(H,25,31)(H,26,28,29);1-2H3. The predicted octanol–water partition coefficient (Wildman–Crippen LogP) is 6.04. The maximum atomic E-state index is 14.7. The zero-order valence-electron chi connectivity index (χ0n) is 38.1. The van der Waals surface area contributed by atoms with Crippen LogP contribution in [0.5, 0.6) is 0 Å². The lowest BCUT2D eigenvalue weighted by molar-refractivity contribution is -0.147. The summed E-state index contributed by atoms with van der Waals surface area (Å²) in [4.78, 5) is 99.6. The van der Waals surface area contributed by atoms with Crippen LogP contribution >= 0.6 is 0 Å². The molecule has 0 aliphatic carbocycles. The van der Waals surface area contributed by atoms with E-state index in [0.29, 0.717) is 33.4 Å². The highest BCUT2D eigenvalue weighted by atomic mass is 19.3. The molecule has 2 saturated heterocycles. The average molecular weight is 941 g/mol. The third kappa shape index (κ3) is 10.8. The topological polar surface area (TPSA) is 191 Å². The van der Waals surface area contributed by atoms with Crippen LogP contribution in [-0.2, 0) is 72.2 Å². The van der Waals surface area contributed by atoms with Crippen LogP contribution in [0, 0.1) is 0 Å². The van der Waals surface area contributed by atoms with Crippen molar-refractivity contribution in [3.05, 3.63) is 141 Å². The van der Waals surface area contributed by atoms with E-state index in [1.54, 1.807) is 54.6 Å². The summed E-state index contributed by atoms with van der Waals surface area (Å²) >= 11 is 0. The van der Waals surface area contributed by atoms with Crippen LogP contribution in [0.2, 0.25) is 0 Å². The minimum absolute atomic E-state index is 0.138. The second-order valence-corrected chi connectivity index (χ2v) is 17.5. The van der Waals surface area contributed by atoms with Crippen LogP contribution in [-0.4, -0.2) is 69.1 Å². The van der Waals surface area contributed by atoms with E-state index in [2.05, 4.69) is 21.3 Å². The van der Waals surface area contributed by atoms with Gasteiger partial charge < -0.3 is 20.4 Å². The fraction of sp³-hybridized carbons (Fsp3) is 0.360. The summed E-state index contributed by atoms with van der Waals surface area (Å²) in [6.07, 6.45) is 0.811. The molecule has 18 heteroatoms. The first-order valence-corrected chi connectivity index (χ1v) is 22.2. The van der Waals surface area contributed by atoms with Crippen molar-refractivity contribution in [3.8, 4) is 0 Å². The number of piperidine rings is 2. The first-order chi connectivity index (χ1) is 32.1. The zero-order valence-corrected chi connectivity index (χ0v) is 38.1. The van der Waals surface area contributed by atoms with Gasteiger partial charge in [-0.1, -0.05) is 113 Å². The van der Waals surface area contributed by atoms with Gasteiger partial charge in [0.2, 0.25) is 23.6 Å². The average Bonchev–Trinajstić information content (AvgIpc) is 3.82. The monoisotopic (exact) mass is 940 g/mol. The normalized spacial score (nSPS) is 18.0. The molecule has 0 saturated carbocycles. The van der Waals surface area contributed by atoms with E-state index in [1.807, 2.05) is 34.6 Å². The molecule has 68 heavy (non-hydrogen) atoms. The molecule has 2 atom stereocenters. The van der Waals surface area contributed by atoms with Crippen molar-refractivity contribution >= 4 is 47.3 Å². The highest BCUT2D eigenvalue weighted by molar-refractivity contribution is 6.06. The first-order valence-electron chi connectivity index (χ1n) is 22.2. The summed E-state index contributed by atoms with van der Waals surface area (Å²) in [5.41, 5.74) is 3.10. The predicted molar refractivity (Wildman–Crippen MR) is 239 cm³/mol. The van der Waals surface area contributed by atoms with Gasteiger partial charge in [0.1, 0.15) is 12.1 Å². The summed E-state index contributed by atoms with van der Waals surface area (Å²) in [6, 6.07) is 20.7. The molecule has 0 aromatic heterocycles. The second kappa shape index (κ2) is 20.3. The third-order valence-corrected chi connectivity index (χ3v) is 11.9. The molecule has 4 aliphatic rings. The number of halogens is 4. The van der Waals surface area contributed by atoms with E-state index in [-0.39, 0.29) is 86.5 Å². The Morgan fingerprint density at radius 1 is 0.574 bits per heavy atom. The van der Waals surface area contributed by atoms with Crippen LogP contribution < -0.4 is 21.3 Å². The summed E-state index contributed by atoms with van der Waals surface area (Å²) in [5, 5.41) is 9.00. The van der Waals surface area contributed by atoms with Gasteiger partial charge in [-0.2, -0.15) is 17.6 Å². The van der Waals surface area contributed by atoms with Crippen LogP contribution in [0.15, 0.2) is 91.0 Å². The number of rotatable bonds is 10.